The van der Waals surface area contributed by atoms with E-state index >= 15 is 0 Å². The van der Waals surface area contributed by atoms with Gasteiger partial charge in [-0.1, -0.05) is 23.7 Å². The Bertz CT molecular complexity index is 1170. The van der Waals surface area contributed by atoms with Gasteiger partial charge in [-0.05, 0) is 72.1 Å². The van der Waals surface area contributed by atoms with E-state index in [-0.39, 0.29) is 12.2 Å². The third-order valence-corrected chi connectivity index (χ3v) is 9.44. The molecule has 200 valence electrons. The summed E-state index contributed by atoms with van der Waals surface area (Å²) in [5.41, 5.74) is 4.73. The van der Waals surface area contributed by atoms with E-state index in [1.165, 1.54) is 53.6 Å². The number of nitrogens with zero attached hydrogens (tertiary/aromatic N) is 7. The molecule has 3 aliphatic rings. The minimum Gasteiger partial charge on any atom is -0.304 e. The van der Waals surface area contributed by atoms with Crippen molar-refractivity contribution in [1.82, 2.24) is 19.7 Å². The largest absolute Gasteiger partial charge is 0.304 e. The summed E-state index contributed by atoms with van der Waals surface area (Å²) in [6, 6.07) is 8.20. The summed E-state index contributed by atoms with van der Waals surface area (Å²) in [6.45, 7) is 14.4. The second-order valence-corrected chi connectivity index (χ2v) is 12.4. The summed E-state index contributed by atoms with van der Waals surface area (Å²) in [5.74, 6) is 1.03. The van der Waals surface area contributed by atoms with E-state index in [0.717, 1.165) is 41.8 Å². The summed E-state index contributed by atoms with van der Waals surface area (Å²) in [5, 5.41) is 8.98. The molecule has 0 N–H and O–H groups in total. The molecule has 0 saturated carbocycles. The van der Waals surface area contributed by atoms with Crippen LogP contribution in [-0.4, -0.2) is 110 Å². The Morgan fingerprint density at radius 1 is 1.05 bits per heavy atom. The number of thiophene rings is 1. The van der Waals surface area contributed by atoms with Gasteiger partial charge in [0.25, 0.3) is 0 Å². The van der Waals surface area contributed by atoms with Gasteiger partial charge in [-0.3, -0.25) is 14.9 Å². The van der Waals surface area contributed by atoms with E-state index in [1.54, 1.807) is 0 Å². The lowest BCUT2D eigenvalue weighted by Gasteiger charge is -2.34. The predicted molar refractivity (Wildman–Crippen MR) is 158 cm³/mol. The van der Waals surface area contributed by atoms with Crippen LogP contribution in [0.5, 0.6) is 0 Å². The van der Waals surface area contributed by atoms with Crippen LogP contribution < -0.4 is 4.90 Å². The number of hydrogen-bond donors (Lipinski definition) is 0. The lowest BCUT2D eigenvalue weighted by atomic mass is 10.00. The monoisotopic (exact) mass is 541 g/mol. The van der Waals surface area contributed by atoms with Crippen LogP contribution in [0.2, 0.25) is 5.02 Å². The highest BCUT2D eigenvalue weighted by Gasteiger charge is 2.43. The number of benzene rings is 1. The van der Waals surface area contributed by atoms with Crippen LogP contribution in [0, 0.1) is 13.8 Å². The maximum absolute atomic E-state index is 6.26. The summed E-state index contributed by atoms with van der Waals surface area (Å²) in [6.07, 6.45) is 1.23. The first-order valence-electron chi connectivity index (χ1n) is 13.3. The van der Waals surface area contributed by atoms with Crippen LogP contribution in [0.15, 0.2) is 34.4 Å². The van der Waals surface area contributed by atoms with E-state index in [1.807, 2.05) is 23.5 Å². The Morgan fingerprint density at radius 2 is 1.76 bits per heavy atom. The van der Waals surface area contributed by atoms with Gasteiger partial charge in [0.2, 0.25) is 0 Å². The maximum Gasteiger partial charge on any atom is 0.148 e. The smallest absolute Gasteiger partial charge is 0.148 e. The van der Waals surface area contributed by atoms with E-state index in [9.17, 15) is 0 Å². The normalized spacial score (nSPS) is 22.7. The highest BCUT2D eigenvalue weighted by Crippen LogP contribution is 2.43. The minimum atomic E-state index is 0.0461. The molecule has 1 aromatic heterocycles. The van der Waals surface area contributed by atoms with Crippen molar-refractivity contribution in [3.05, 3.63) is 50.9 Å². The first-order chi connectivity index (χ1) is 17.7. The third kappa shape index (κ3) is 5.45. The Labute approximate surface area is 231 Å². The molecule has 7 nitrogen and oxygen atoms in total. The molecule has 1 fully saturated rings. The van der Waals surface area contributed by atoms with E-state index in [4.69, 9.17) is 21.7 Å². The first kappa shape index (κ1) is 26.6. The van der Waals surface area contributed by atoms with Crippen molar-refractivity contribution in [2.24, 2.45) is 10.1 Å². The number of hydrazone groups is 1. The number of fused-ring (bicyclic) bond motifs is 3. The van der Waals surface area contributed by atoms with E-state index < -0.39 is 0 Å². The van der Waals surface area contributed by atoms with Crippen LogP contribution >= 0.6 is 22.9 Å². The Hall–Kier alpha value is -1.97. The fourth-order valence-corrected chi connectivity index (χ4v) is 7.11. The molecule has 1 aromatic carbocycles. The number of halogens is 1. The first-order valence-corrected chi connectivity index (χ1v) is 14.5. The molecule has 4 heterocycles. The third-order valence-electron chi connectivity index (χ3n) is 7.99. The van der Waals surface area contributed by atoms with Crippen molar-refractivity contribution in [1.29, 1.82) is 0 Å². The number of amidine groups is 1. The highest BCUT2D eigenvalue weighted by atomic mass is 35.5. The molecule has 1 saturated heterocycles. The number of hydrogen-bond acceptors (Lipinski definition) is 8. The average molecular weight is 542 g/mol. The SMILES string of the molecule is CC1=NN(C)C2[C@H](CN(C)CCCN3CCN(C)CC3)N=C(c3ccc(Cl)cc3)c3c(sc(C)c3C)N12. The van der Waals surface area contributed by atoms with Crippen LogP contribution in [0.1, 0.15) is 34.9 Å². The van der Waals surface area contributed by atoms with Gasteiger partial charge in [0.15, 0.2) is 0 Å². The summed E-state index contributed by atoms with van der Waals surface area (Å²) >= 11 is 8.12. The Kier molecular flexibility index (Phi) is 7.93. The van der Waals surface area contributed by atoms with Gasteiger partial charge in [0.05, 0.1) is 5.71 Å². The van der Waals surface area contributed by atoms with Crippen LogP contribution in [0.25, 0.3) is 0 Å². The van der Waals surface area contributed by atoms with Crippen LogP contribution in [0.3, 0.4) is 0 Å². The maximum atomic E-state index is 6.26. The molecular weight excluding hydrogens is 502 g/mol. The molecule has 0 aliphatic carbocycles. The summed E-state index contributed by atoms with van der Waals surface area (Å²) in [7, 11) is 6.54. The number of rotatable bonds is 7. The van der Waals surface area contributed by atoms with Crippen LogP contribution in [0.4, 0.5) is 5.00 Å². The minimum absolute atomic E-state index is 0.0461. The fourth-order valence-electron chi connectivity index (χ4n) is 5.74. The van der Waals surface area contributed by atoms with Crippen LogP contribution in [-0.2, 0) is 0 Å². The molecule has 2 aromatic rings. The molecule has 0 amide bonds. The van der Waals surface area contributed by atoms with Gasteiger partial charge in [-0.2, -0.15) is 5.10 Å². The number of likely N-dealkylation sites (N-methyl/N-ethyl adjacent to an activating group) is 3. The highest BCUT2D eigenvalue weighted by molar-refractivity contribution is 7.17. The number of aliphatic imine (C=N–C) groups is 1. The molecule has 9 heteroatoms. The average Bonchev–Trinajstić information content (AvgIpc) is 3.26. The van der Waals surface area contributed by atoms with Gasteiger partial charge in [-0.25, -0.2) is 0 Å². The Morgan fingerprint density at radius 3 is 2.46 bits per heavy atom. The van der Waals surface area contributed by atoms with Crippen molar-refractivity contribution in [3.63, 3.8) is 0 Å². The Balaban J connectivity index is 1.42. The molecule has 3 aliphatic heterocycles. The van der Waals surface area contributed by atoms with Gasteiger partial charge >= 0.3 is 0 Å². The number of anilines is 1. The van der Waals surface area contributed by atoms with Gasteiger partial charge in [0.1, 0.15) is 23.0 Å². The topological polar surface area (TPSA) is 40.9 Å². The lowest BCUT2D eigenvalue weighted by Crippen LogP contribution is -2.51. The zero-order valence-electron chi connectivity index (χ0n) is 23.0. The van der Waals surface area contributed by atoms with Gasteiger partial charge < -0.3 is 14.7 Å². The zero-order valence-corrected chi connectivity index (χ0v) is 24.6. The molecule has 0 bridgehead atoms. The molecule has 5 rings (SSSR count). The molecule has 2 atom stereocenters. The lowest BCUT2D eigenvalue weighted by molar-refractivity contribution is 0.145. The fraction of sp³-hybridized carbons (Fsp3) is 0.571. The second-order valence-electron chi connectivity index (χ2n) is 10.8. The van der Waals surface area contributed by atoms with Gasteiger partial charge in [0, 0.05) is 60.8 Å². The van der Waals surface area contributed by atoms with Crippen molar-refractivity contribution >= 4 is 39.5 Å². The molecular formula is C28H40ClN7S. The summed E-state index contributed by atoms with van der Waals surface area (Å²) in [4.78, 5) is 16.8. The molecule has 0 radical (unpaired) electrons. The molecule has 1 unspecified atom stereocenters. The van der Waals surface area contributed by atoms with Gasteiger partial charge in [-0.15, -0.1) is 11.3 Å². The van der Waals surface area contributed by atoms with E-state index in [2.05, 4.69) is 78.7 Å². The summed E-state index contributed by atoms with van der Waals surface area (Å²) < 4.78 is 0. The predicted octanol–water partition coefficient (Wildman–Crippen LogP) is 4.22. The molecule has 0 spiro atoms. The molecule has 37 heavy (non-hydrogen) atoms. The van der Waals surface area contributed by atoms with Crippen molar-refractivity contribution in [2.75, 3.05) is 71.9 Å². The number of aryl methyl sites for hydroxylation is 1. The second kappa shape index (κ2) is 11.0. The standard InChI is InChI=1S/C28H40ClN7S/c1-19-20(2)37-28-25(19)26(22-8-10-23(29)11-9-22)30-24(27-34(6)31-21(3)36(27)28)18-33(5)12-7-13-35-16-14-32(4)15-17-35/h8-11,24,27H,7,12-18H2,1-6H3/t24-,27?/m0/s1. The van der Waals surface area contributed by atoms with Crippen molar-refractivity contribution in [3.8, 4) is 0 Å². The number of piperazine rings is 1. The van der Waals surface area contributed by atoms with Crippen molar-refractivity contribution < 1.29 is 0 Å². The van der Waals surface area contributed by atoms with Crippen molar-refractivity contribution in [2.45, 2.75) is 39.4 Å². The van der Waals surface area contributed by atoms with E-state index in [0.29, 0.717) is 0 Å². The quantitative estimate of drug-likeness (QED) is 0.525. The zero-order chi connectivity index (χ0) is 26.3.